The minimum Gasteiger partial charge on any atom is -0.307 e. The Balaban J connectivity index is 2.20. The third-order valence-electron chi connectivity index (χ3n) is 3.34. The van der Waals surface area contributed by atoms with Crippen LogP contribution in [-0.4, -0.2) is 18.4 Å². The van der Waals surface area contributed by atoms with Crippen molar-refractivity contribution in [1.29, 1.82) is 0 Å². The highest BCUT2D eigenvalue weighted by Gasteiger charge is 2.22. The SMILES string of the molecule is Cc1ccc(F)cc1C(=O)C1CCCCCN1. The molecule has 1 N–H and O–H groups in total. The Bertz CT molecular complexity index is 409. The predicted molar refractivity (Wildman–Crippen MR) is 65.7 cm³/mol. The van der Waals surface area contributed by atoms with Crippen LogP contribution in [0.5, 0.6) is 0 Å². The molecule has 1 aliphatic rings. The van der Waals surface area contributed by atoms with Gasteiger partial charge in [0.05, 0.1) is 6.04 Å². The number of aryl methyl sites for hydroxylation is 1. The van der Waals surface area contributed by atoms with Crippen molar-refractivity contribution in [1.82, 2.24) is 5.32 Å². The lowest BCUT2D eigenvalue weighted by atomic mass is 9.97. The van der Waals surface area contributed by atoms with Gasteiger partial charge >= 0.3 is 0 Å². The molecule has 1 heterocycles. The maximum absolute atomic E-state index is 13.2. The van der Waals surface area contributed by atoms with Crippen LogP contribution in [0.4, 0.5) is 4.39 Å². The molecule has 1 atom stereocenters. The van der Waals surface area contributed by atoms with Gasteiger partial charge in [0.2, 0.25) is 0 Å². The first-order valence-electron chi connectivity index (χ1n) is 6.22. The average molecular weight is 235 g/mol. The van der Waals surface area contributed by atoms with Gasteiger partial charge in [-0.15, -0.1) is 0 Å². The van der Waals surface area contributed by atoms with Crippen LogP contribution in [-0.2, 0) is 0 Å². The summed E-state index contributed by atoms with van der Waals surface area (Å²) in [5.41, 5.74) is 1.37. The van der Waals surface area contributed by atoms with Crippen molar-refractivity contribution in [3.63, 3.8) is 0 Å². The molecule has 1 aromatic rings. The molecule has 2 nitrogen and oxygen atoms in total. The third kappa shape index (κ3) is 2.91. The minimum absolute atomic E-state index is 0.0314. The van der Waals surface area contributed by atoms with Gasteiger partial charge in [0.1, 0.15) is 5.82 Å². The fourth-order valence-corrected chi connectivity index (χ4v) is 2.30. The molecule has 92 valence electrons. The first kappa shape index (κ1) is 12.2. The van der Waals surface area contributed by atoms with E-state index in [9.17, 15) is 9.18 Å². The monoisotopic (exact) mass is 235 g/mol. The lowest BCUT2D eigenvalue weighted by molar-refractivity contribution is 0.0939. The fourth-order valence-electron chi connectivity index (χ4n) is 2.30. The first-order valence-corrected chi connectivity index (χ1v) is 6.22. The van der Waals surface area contributed by atoms with Crippen LogP contribution in [0, 0.1) is 12.7 Å². The molecular formula is C14H18FNO. The molecule has 1 fully saturated rings. The van der Waals surface area contributed by atoms with Gasteiger partial charge in [0, 0.05) is 5.56 Å². The maximum Gasteiger partial charge on any atom is 0.180 e. The molecule has 0 aliphatic carbocycles. The molecule has 0 saturated carbocycles. The summed E-state index contributed by atoms with van der Waals surface area (Å²) in [6.45, 7) is 2.73. The first-order chi connectivity index (χ1) is 8.18. The Morgan fingerprint density at radius 2 is 2.18 bits per heavy atom. The smallest absolute Gasteiger partial charge is 0.180 e. The van der Waals surface area contributed by atoms with Crippen molar-refractivity contribution in [3.8, 4) is 0 Å². The summed E-state index contributed by atoms with van der Waals surface area (Å²) in [5.74, 6) is -0.309. The normalized spacial score (nSPS) is 20.9. The zero-order chi connectivity index (χ0) is 12.3. The van der Waals surface area contributed by atoms with Crippen molar-refractivity contribution in [2.24, 2.45) is 0 Å². The van der Waals surface area contributed by atoms with E-state index < -0.39 is 0 Å². The molecule has 0 bridgehead atoms. The number of hydrogen-bond donors (Lipinski definition) is 1. The highest BCUT2D eigenvalue weighted by molar-refractivity contribution is 6.01. The molecular weight excluding hydrogens is 217 g/mol. The molecule has 2 rings (SSSR count). The van der Waals surface area contributed by atoms with Gasteiger partial charge in [0.25, 0.3) is 0 Å². The van der Waals surface area contributed by atoms with E-state index in [2.05, 4.69) is 5.32 Å². The van der Waals surface area contributed by atoms with Crippen molar-refractivity contribution in [2.75, 3.05) is 6.54 Å². The molecule has 1 saturated heterocycles. The lowest BCUT2D eigenvalue weighted by Crippen LogP contribution is -2.36. The van der Waals surface area contributed by atoms with Gasteiger partial charge in [-0.25, -0.2) is 4.39 Å². The summed E-state index contributed by atoms with van der Waals surface area (Å²) in [4.78, 5) is 12.3. The van der Waals surface area contributed by atoms with Crippen molar-refractivity contribution >= 4 is 5.78 Å². The molecule has 0 aromatic heterocycles. The van der Waals surface area contributed by atoms with Gasteiger partial charge in [-0.05, 0) is 44.0 Å². The molecule has 3 heteroatoms. The summed E-state index contributed by atoms with van der Waals surface area (Å²) >= 11 is 0. The van der Waals surface area contributed by atoms with Crippen molar-refractivity contribution in [2.45, 2.75) is 38.6 Å². The summed E-state index contributed by atoms with van der Waals surface area (Å²) in [6, 6.07) is 4.27. The number of halogens is 1. The average Bonchev–Trinajstić information content (AvgIpc) is 2.60. The number of rotatable bonds is 2. The van der Waals surface area contributed by atoms with Crippen LogP contribution < -0.4 is 5.32 Å². The van der Waals surface area contributed by atoms with E-state index in [-0.39, 0.29) is 17.6 Å². The second-order valence-corrected chi connectivity index (χ2v) is 4.68. The van der Waals surface area contributed by atoms with E-state index in [4.69, 9.17) is 0 Å². The van der Waals surface area contributed by atoms with E-state index >= 15 is 0 Å². The van der Waals surface area contributed by atoms with Gasteiger partial charge < -0.3 is 5.32 Å². The number of nitrogens with one attached hydrogen (secondary N) is 1. The van der Waals surface area contributed by atoms with E-state index in [0.717, 1.165) is 31.4 Å². The van der Waals surface area contributed by atoms with Gasteiger partial charge in [-0.1, -0.05) is 18.9 Å². The number of hydrogen-bond acceptors (Lipinski definition) is 2. The summed E-state index contributed by atoms with van der Waals surface area (Å²) in [5, 5.41) is 3.25. The second kappa shape index (κ2) is 5.41. The van der Waals surface area contributed by atoms with Crippen LogP contribution in [0.1, 0.15) is 41.6 Å². The molecule has 1 aromatic carbocycles. The largest absolute Gasteiger partial charge is 0.307 e. The second-order valence-electron chi connectivity index (χ2n) is 4.68. The topological polar surface area (TPSA) is 29.1 Å². The molecule has 1 unspecified atom stereocenters. The lowest BCUT2D eigenvalue weighted by Gasteiger charge is -2.15. The highest BCUT2D eigenvalue weighted by atomic mass is 19.1. The maximum atomic E-state index is 13.2. The van der Waals surface area contributed by atoms with Crippen molar-refractivity contribution < 1.29 is 9.18 Å². The van der Waals surface area contributed by atoms with E-state index in [1.807, 2.05) is 6.92 Å². The Hall–Kier alpha value is -1.22. The Kier molecular flexibility index (Phi) is 3.89. The number of carbonyl (C=O) groups is 1. The molecule has 0 spiro atoms. The Labute approximate surface area is 101 Å². The van der Waals surface area contributed by atoms with Gasteiger partial charge in [-0.2, -0.15) is 0 Å². The zero-order valence-corrected chi connectivity index (χ0v) is 10.1. The highest BCUT2D eigenvalue weighted by Crippen LogP contribution is 2.17. The van der Waals surface area contributed by atoms with Crippen molar-refractivity contribution in [3.05, 3.63) is 35.1 Å². The van der Waals surface area contributed by atoms with E-state index in [1.165, 1.54) is 18.6 Å². The number of ketones is 1. The fraction of sp³-hybridized carbons (Fsp3) is 0.500. The van der Waals surface area contributed by atoms with Crippen LogP contribution in [0.15, 0.2) is 18.2 Å². The zero-order valence-electron chi connectivity index (χ0n) is 10.1. The Morgan fingerprint density at radius 1 is 1.35 bits per heavy atom. The quantitative estimate of drug-likeness (QED) is 0.799. The van der Waals surface area contributed by atoms with Gasteiger partial charge in [-0.3, -0.25) is 4.79 Å². The third-order valence-corrected chi connectivity index (χ3v) is 3.34. The molecule has 0 amide bonds. The van der Waals surface area contributed by atoms with Crippen LogP contribution >= 0.6 is 0 Å². The van der Waals surface area contributed by atoms with Gasteiger partial charge in [0.15, 0.2) is 5.78 Å². The Morgan fingerprint density at radius 3 is 3.00 bits per heavy atom. The van der Waals surface area contributed by atoms with E-state index in [0.29, 0.717) is 5.56 Å². The molecule has 1 aliphatic heterocycles. The van der Waals surface area contributed by atoms with Crippen LogP contribution in [0.2, 0.25) is 0 Å². The molecule has 17 heavy (non-hydrogen) atoms. The van der Waals surface area contributed by atoms with E-state index in [1.54, 1.807) is 6.07 Å². The molecule has 0 radical (unpaired) electrons. The summed E-state index contributed by atoms with van der Waals surface area (Å²) in [6.07, 6.45) is 4.21. The standard InChI is InChI=1S/C14H18FNO/c1-10-6-7-11(15)9-12(10)14(17)13-5-3-2-4-8-16-13/h6-7,9,13,16H,2-5,8H2,1H3. The number of carbonyl (C=O) groups excluding carboxylic acids is 1. The van der Waals surface area contributed by atoms with Crippen LogP contribution in [0.25, 0.3) is 0 Å². The summed E-state index contributed by atoms with van der Waals surface area (Å²) in [7, 11) is 0. The minimum atomic E-state index is -0.340. The van der Waals surface area contributed by atoms with Crippen LogP contribution in [0.3, 0.4) is 0 Å². The number of Topliss-reactive ketones (excluding diaryl/α,β-unsaturated/α-hetero) is 1. The predicted octanol–water partition coefficient (Wildman–Crippen LogP) is 2.85. The summed E-state index contributed by atoms with van der Waals surface area (Å²) < 4.78 is 13.2. The number of benzene rings is 1.